The number of nitro groups is 1. The van der Waals surface area contributed by atoms with Crippen molar-refractivity contribution in [3.63, 3.8) is 0 Å². The normalized spacial score (nSPS) is 13.8. The van der Waals surface area contributed by atoms with E-state index >= 15 is 0 Å². The minimum Gasteiger partial charge on any atom is -0.490 e. The maximum absolute atomic E-state index is 12.1. The van der Waals surface area contributed by atoms with Crippen molar-refractivity contribution in [1.82, 2.24) is 10.2 Å². The first-order valence-electron chi connectivity index (χ1n) is 9.57. The van der Waals surface area contributed by atoms with E-state index in [1.165, 1.54) is 43.7 Å². The van der Waals surface area contributed by atoms with Crippen molar-refractivity contribution in [1.29, 1.82) is 0 Å². The number of nitro benzene ring substituents is 1. The first-order chi connectivity index (χ1) is 14.0. The minimum atomic E-state index is -0.535. The van der Waals surface area contributed by atoms with Gasteiger partial charge in [0.2, 0.25) is 5.75 Å². The number of hydrogen-bond donors (Lipinski definition) is 1. The van der Waals surface area contributed by atoms with Crippen molar-refractivity contribution in [2.45, 2.75) is 25.9 Å². The van der Waals surface area contributed by atoms with Gasteiger partial charge in [0.05, 0.1) is 12.0 Å². The highest BCUT2D eigenvalue weighted by molar-refractivity contribution is 5.77. The molecule has 0 saturated carbocycles. The van der Waals surface area contributed by atoms with Crippen molar-refractivity contribution in [3.05, 3.63) is 63.7 Å². The van der Waals surface area contributed by atoms with Gasteiger partial charge in [0.25, 0.3) is 5.91 Å². The van der Waals surface area contributed by atoms with Gasteiger partial charge in [-0.05, 0) is 43.1 Å². The van der Waals surface area contributed by atoms with Crippen LogP contribution in [0.2, 0.25) is 0 Å². The summed E-state index contributed by atoms with van der Waals surface area (Å²) in [5.41, 5.74) is 2.12. The molecule has 154 valence electrons. The van der Waals surface area contributed by atoms with Crippen LogP contribution in [0, 0.1) is 10.1 Å². The third-order valence-corrected chi connectivity index (χ3v) is 4.80. The Morgan fingerprint density at radius 3 is 2.66 bits per heavy atom. The van der Waals surface area contributed by atoms with Crippen molar-refractivity contribution >= 4 is 11.6 Å². The maximum Gasteiger partial charge on any atom is 0.311 e. The molecule has 0 aromatic heterocycles. The number of likely N-dealkylation sites (tertiary alicyclic amines) is 1. The number of carbonyl (C=O) groups excluding carboxylic acids is 1. The summed E-state index contributed by atoms with van der Waals surface area (Å²) >= 11 is 0. The summed E-state index contributed by atoms with van der Waals surface area (Å²) in [6, 6.07) is 12.3. The number of methoxy groups -OCH3 is 1. The molecule has 29 heavy (non-hydrogen) atoms. The monoisotopic (exact) mass is 399 g/mol. The third kappa shape index (κ3) is 5.92. The quantitative estimate of drug-likeness (QED) is 0.515. The molecular weight excluding hydrogens is 374 g/mol. The number of amides is 1. The number of ether oxygens (including phenoxy) is 2. The summed E-state index contributed by atoms with van der Waals surface area (Å²) in [4.78, 5) is 24.9. The van der Waals surface area contributed by atoms with Crippen molar-refractivity contribution in [2.75, 3.05) is 26.8 Å². The minimum absolute atomic E-state index is 0.0859. The van der Waals surface area contributed by atoms with E-state index in [0.29, 0.717) is 12.3 Å². The zero-order valence-corrected chi connectivity index (χ0v) is 16.4. The standard InChI is InChI=1S/C21H25N3O5/c1-28-20-12-18(7-8-19(20)24(26)27)29-15-21(25)22-13-16-5-4-6-17(11-16)14-23-9-2-3-10-23/h4-8,11-12H,2-3,9-10,13-15H2,1H3,(H,22,25). The van der Waals surface area contributed by atoms with E-state index in [9.17, 15) is 14.9 Å². The Balaban J connectivity index is 1.48. The van der Waals surface area contributed by atoms with Gasteiger partial charge < -0.3 is 14.8 Å². The lowest BCUT2D eigenvalue weighted by molar-refractivity contribution is -0.385. The average Bonchev–Trinajstić information content (AvgIpc) is 3.23. The second-order valence-electron chi connectivity index (χ2n) is 6.96. The molecule has 1 fully saturated rings. The first-order valence-corrected chi connectivity index (χ1v) is 9.57. The Hall–Kier alpha value is -3.13. The molecule has 2 aromatic rings. The first kappa shape index (κ1) is 20.6. The van der Waals surface area contributed by atoms with Crippen LogP contribution in [-0.4, -0.2) is 42.5 Å². The molecule has 2 aromatic carbocycles. The summed E-state index contributed by atoms with van der Waals surface area (Å²) < 4.78 is 10.4. The van der Waals surface area contributed by atoms with E-state index in [1.807, 2.05) is 12.1 Å². The fourth-order valence-electron chi connectivity index (χ4n) is 3.34. The molecule has 0 atom stereocenters. The molecule has 3 rings (SSSR count). The van der Waals surface area contributed by atoms with Crippen LogP contribution in [0.3, 0.4) is 0 Å². The zero-order valence-electron chi connectivity index (χ0n) is 16.4. The maximum atomic E-state index is 12.1. The van der Waals surface area contributed by atoms with Crippen LogP contribution in [0.15, 0.2) is 42.5 Å². The van der Waals surface area contributed by atoms with Crippen LogP contribution in [-0.2, 0) is 17.9 Å². The molecule has 1 saturated heterocycles. The summed E-state index contributed by atoms with van der Waals surface area (Å²) in [6.45, 7) is 3.46. The van der Waals surface area contributed by atoms with E-state index < -0.39 is 4.92 Å². The molecule has 0 aliphatic carbocycles. The molecule has 1 aliphatic heterocycles. The van der Waals surface area contributed by atoms with Crippen LogP contribution >= 0.6 is 0 Å². The number of carbonyl (C=O) groups is 1. The topological polar surface area (TPSA) is 93.9 Å². The van der Waals surface area contributed by atoms with E-state index in [-0.39, 0.29) is 24.0 Å². The molecule has 0 radical (unpaired) electrons. The molecule has 1 heterocycles. The van der Waals surface area contributed by atoms with Gasteiger partial charge in [-0.3, -0.25) is 19.8 Å². The molecule has 0 spiro atoms. The molecule has 8 nitrogen and oxygen atoms in total. The lowest BCUT2D eigenvalue weighted by Gasteiger charge is -2.15. The summed E-state index contributed by atoms with van der Waals surface area (Å²) in [5, 5.41) is 13.7. The molecule has 1 aliphatic rings. The molecule has 1 amide bonds. The largest absolute Gasteiger partial charge is 0.490 e. The number of hydrogen-bond acceptors (Lipinski definition) is 6. The van der Waals surface area contributed by atoms with E-state index in [1.54, 1.807) is 0 Å². The predicted molar refractivity (Wildman–Crippen MR) is 108 cm³/mol. The second-order valence-corrected chi connectivity index (χ2v) is 6.96. The second kappa shape index (κ2) is 9.88. The van der Waals surface area contributed by atoms with Crippen LogP contribution in [0.25, 0.3) is 0 Å². The molecule has 1 N–H and O–H groups in total. The summed E-state index contributed by atoms with van der Waals surface area (Å²) in [6.07, 6.45) is 2.52. The van der Waals surface area contributed by atoms with Crippen molar-refractivity contribution in [2.24, 2.45) is 0 Å². The Morgan fingerprint density at radius 2 is 1.93 bits per heavy atom. The van der Waals surface area contributed by atoms with Crippen LogP contribution in [0.5, 0.6) is 11.5 Å². The SMILES string of the molecule is COc1cc(OCC(=O)NCc2cccc(CN3CCCC3)c2)ccc1[N+](=O)[O-]. The highest BCUT2D eigenvalue weighted by Gasteiger charge is 2.16. The van der Waals surface area contributed by atoms with Gasteiger partial charge in [0.15, 0.2) is 6.61 Å². The van der Waals surface area contributed by atoms with E-state index in [0.717, 1.165) is 25.2 Å². The van der Waals surface area contributed by atoms with Gasteiger partial charge in [-0.15, -0.1) is 0 Å². The molecule has 0 unspecified atom stereocenters. The van der Waals surface area contributed by atoms with E-state index in [4.69, 9.17) is 9.47 Å². The van der Waals surface area contributed by atoms with Gasteiger partial charge in [-0.1, -0.05) is 24.3 Å². The van der Waals surface area contributed by atoms with Crippen molar-refractivity contribution in [3.8, 4) is 11.5 Å². The van der Waals surface area contributed by atoms with Gasteiger partial charge >= 0.3 is 5.69 Å². The number of nitrogens with zero attached hydrogens (tertiary/aromatic N) is 2. The Morgan fingerprint density at radius 1 is 1.17 bits per heavy atom. The zero-order chi connectivity index (χ0) is 20.6. The Kier molecular flexibility index (Phi) is 7.02. The molecule has 8 heteroatoms. The average molecular weight is 399 g/mol. The van der Waals surface area contributed by atoms with Gasteiger partial charge in [0.1, 0.15) is 5.75 Å². The summed E-state index contributed by atoms with van der Waals surface area (Å²) in [5.74, 6) is 0.144. The fraction of sp³-hybridized carbons (Fsp3) is 0.381. The predicted octanol–water partition coefficient (Wildman–Crippen LogP) is 2.89. The van der Waals surface area contributed by atoms with Crippen LogP contribution in [0.4, 0.5) is 5.69 Å². The number of benzene rings is 2. The fourth-order valence-corrected chi connectivity index (χ4v) is 3.34. The summed E-state index contributed by atoms with van der Waals surface area (Å²) in [7, 11) is 1.34. The van der Waals surface area contributed by atoms with E-state index in [2.05, 4.69) is 22.3 Å². The molecule has 0 bridgehead atoms. The smallest absolute Gasteiger partial charge is 0.311 e. The van der Waals surface area contributed by atoms with Crippen molar-refractivity contribution < 1.29 is 19.2 Å². The van der Waals surface area contributed by atoms with Gasteiger partial charge in [-0.2, -0.15) is 0 Å². The molecular formula is C21H25N3O5. The van der Waals surface area contributed by atoms with Gasteiger partial charge in [0, 0.05) is 25.2 Å². The lowest BCUT2D eigenvalue weighted by Crippen LogP contribution is -2.28. The highest BCUT2D eigenvalue weighted by Crippen LogP contribution is 2.30. The Bertz CT molecular complexity index is 865. The third-order valence-electron chi connectivity index (χ3n) is 4.80. The van der Waals surface area contributed by atoms with Gasteiger partial charge in [-0.25, -0.2) is 0 Å². The number of nitrogens with one attached hydrogen (secondary N) is 1. The Labute approximate surface area is 169 Å². The van der Waals surface area contributed by atoms with Crippen LogP contribution < -0.4 is 14.8 Å². The lowest BCUT2D eigenvalue weighted by atomic mass is 10.1. The van der Waals surface area contributed by atoms with Crippen LogP contribution in [0.1, 0.15) is 24.0 Å². The number of rotatable bonds is 9. The highest BCUT2D eigenvalue weighted by atomic mass is 16.6.